The van der Waals surface area contributed by atoms with Crippen molar-refractivity contribution >= 4 is 18.6 Å². The van der Waals surface area contributed by atoms with Crippen molar-refractivity contribution in [2.24, 2.45) is 0 Å². The smallest absolute Gasteiger partial charge is 0.231 e. The first kappa shape index (κ1) is 14.5. The summed E-state index contributed by atoms with van der Waals surface area (Å²) in [4.78, 5) is 0. The van der Waals surface area contributed by atoms with E-state index < -0.39 is 7.55 Å². The SMILES string of the molecule is CCC[Si](Cl)(C(C)CC)N(CC)CC. The van der Waals surface area contributed by atoms with Crippen LogP contribution >= 0.6 is 11.1 Å². The molecular weight excluding hydrogens is 210 g/mol. The van der Waals surface area contributed by atoms with Crippen molar-refractivity contribution in [2.75, 3.05) is 13.1 Å². The van der Waals surface area contributed by atoms with Crippen molar-refractivity contribution in [3.8, 4) is 0 Å². The third-order valence-electron chi connectivity index (χ3n) is 3.26. The lowest BCUT2D eigenvalue weighted by Crippen LogP contribution is -2.51. The van der Waals surface area contributed by atoms with Crippen LogP contribution in [0.25, 0.3) is 0 Å². The highest BCUT2D eigenvalue weighted by molar-refractivity contribution is 7.19. The van der Waals surface area contributed by atoms with Crippen LogP contribution in [-0.2, 0) is 0 Å². The Morgan fingerprint density at radius 2 is 1.64 bits per heavy atom. The Balaban J connectivity index is 4.66. The molecule has 0 aliphatic heterocycles. The molecule has 0 N–H and O–H groups in total. The van der Waals surface area contributed by atoms with Gasteiger partial charge < -0.3 is 4.57 Å². The van der Waals surface area contributed by atoms with Gasteiger partial charge in [-0.15, -0.1) is 11.1 Å². The van der Waals surface area contributed by atoms with Gasteiger partial charge in [0.05, 0.1) is 0 Å². The summed E-state index contributed by atoms with van der Waals surface area (Å²) in [6.45, 7) is 13.5. The number of hydrogen-bond donors (Lipinski definition) is 0. The summed E-state index contributed by atoms with van der Waals surface area (Å²) in [6.07, 6.45) is 2.43. The van der Waals surface area contributed by atoms with Crippen molar-refractivity contribution in [3.05, 3.63) is 0 Å². The van der Waals surface area contributed by atoms with Gasteiger partial charge in [-0.2, -0.15) is 0 Å². The molecule has 0 saturated heterocycles. The lowest BCUT2D eigenvalue weighted by molar-refractivity contribution is 0.456. The first-order valence-electron chi connectivity index (χ1n) is 6.00. The van der Waals surface area contributed by atoms with Gasteiger partial charge in [-0.3, -0.25) is 0 Å². The van der Waals surface area contributed by atoms with Crippen molar-refractivity contribution < 1.29 is 0 Å². The van der Waals surface area contributed by atoms with Gasteiger partial charge in [0.15, 0.2) is 0 Å². The van der Waals surface area contributed by atoms with E-state index in [1.165, 1.54) is 18.9 Å². The molecule has 0 aliphatic carbocycles. The zero-order chi connectivity index (χ0) is 11.2. The maximum absolute atomic E-state index is 6.92. The molecule has 0 spiro atoms. The maximum atomic E-state index is 6.92. The molecule has 0 heterocycles. The minimum Gasteiger partial charge on any atom is -0.312 e. The summed E-state index contributed by atoms with van der Waals surface area (Å²) >= 11 is 6.92. The summed E-state index contributed by atoms with van der Waals surface area (Å²) < 4.78 is 2.53. The Hall–Kier alpha value is 0.467. The van der Waals surface area contributed by atoms with Crippen LogP contribution in [0, 0.1) is 0 Å². The molecule has 0 saturated carbocycles. The molecule has 0 amide bonds. The van der Waals surface area contributed by atoms with Crippen molar-refractivity contribution in [1.29, 1.82) is 0 Å². The van der Waals surface area contributed by atoms with E-state index in [1.54, 1.807) is 0 Å². The van der Waals surface area contributed by atoms with E-state index in [4.69, 9.17) is 11.1 Å². The largest absolute Gasteiger partial charge is 0.312 e. The minimum absolute atomic E-state index is 0.698. The van der Waals surface area contributed by atoms with E-state index in [1.807, 2.05) is 0 Å². The highest BCUT2D eigenvalue weighted by Gasteiger charge is 2.40. The zero-order valence-corrected chi connectivity index (χ0v) is 12.2. The Labute approximate surface area is 95.6 Å². The summed E-state index contributed by atoms with van der Waals surface area (Å²) in [5.41, 5.74) is 0.698. The standard InChI is InChI=1S/C11H26ClNSi/c1-6-10-14(12,11(5)7-2)13(8-3)9-4/h11H,6-10H2,1-5H3. The molecule has 14 heavy (non-hydrogen) atoms. The highest BCUT2D eigenvalue weighted by atomic mass is 35.6. The normalized spacial score (nSPS) is 18.2. The van der Waals surface area contributed by atoms with Gasteiger partial charge in [-0.05, 0) is 24.7 Å². The van der Waals surface area contributed by atoms with E-state index in [9.17, 15) is 0 Å². The first-order valence-corrected chi connectivity index (χ1v) is 9.24. The van der Waals surface area contributed by atoms with Crippen LogP contribution in [0.1, 0.15) is 47.5 Å². The van der Waals surface area contributed by atoms with Gasteiger partial charge in [0, 0.05) is 0 Å². The first-order chi connectivity index (χ1) is 6.56. The molecule has 0 radical (unpaired) electrons. The Kier molecular flexibility index (Phi) is 7.09. The summed E-state index contributed by atoms with van der Waals surface area (Å²) in [5.74, 6) is 0. The van der Waals surface area contributed by atoms with E-state index in [0.717, 1.165) is 13.1 Å². The Morgan fingerprint density at radius 1 is 1.14 bits per heavy atom. The van der Waals surface area contributed by atoms with Crippen LogP contribution in [0.15, 0.2) is 0 Å². The van der Waals surface area contributed by atoms with Crippen LogP contribution in [0.2, 0.25) is 11.6 Å². The van der Waals surface area contributed by atoms with E-state index in [2.05, 4.69) is 39.2 Å². The number of nitrogens with zero attached hydrogens (tertiary/aromatic N) is 1. The lowest BCUT2D eigenvalue weighted by atomic mass is 10.4. The van der Waals surface area contributed by atoms with Gasteiger partial charge in [0.1, 0.15) is 0 Å². The molecule has 3 heteroatoms. The molecule has 0 aromatic carbocycles. The Bertz CT molecular complexity index is 150. The second-order valence-corrected chi connectivity index (χ2v) is 9.77. The molecule has 0 aliphatic rings. The van der Waals surface area contributed by atoms with Crippen LogP contribution < -0.4 is 0 Å². The lowest BCUT2D eigenvalue weighted by Gasteiger charge is -2.40. The van der Waals surface area contributed by atoms with Crippen molar-refractivity contribution in [2.45, 2.75) is 59.0 Å². The molecule has 0 rings (SSSR count). The van der Waals surface area contributed by atoms with E-state index in [0.29, 0.717) is 5.54 Å². The fourth-order valence-corrected chi connectivity index (χ4v) is 7.69. The average molecular weight is 236 g/mol. The van der Waals surface area contributed by atoms with Crippen LogP contribution in [0.5, 0.6) is 0 Å². The second-order valence-electron chi connectivity index (χ2n) is 4.05. The molecule has 2 atom stereocenters. The third kappa shape index (κ3) is 3.25. The number of halogens is 1. The van der Waals surface area contributed by atoms with E-state index in [-0.39, 0.29) is 0 Å². The second kappa shape index (κ2) is 6.86. The highest BCUT2D eigenvalue weighted by Crippen LogP contribution is 2.36. The van der Waals surface area contributed by atoms with Crippen LogP contribution in [0.3, 0.4) is 0 Å². The molecule has 0 fully saturated rings. The summed E-state index contributed by atoms with van der Waals surface area (Å²) in [5, 5.41) is 0. The maximum Gasteiger partial charge on any atom is 0.231 e. The van der Waals surface area contributed by atoms with E-state index >= 15 is 0 Å². The predicted octanol–water partition coefficient (Wildman–Crippen LogP) is 4.22. The fourth-order valence-electron chi connectivity index (χ4n) is 2.13. The number of hydrogen-bond acceptors (Lipinski definition) is 1. The minimum atomic E-state index is -1.68. The van der Waals surface area contributed by atoms with Crippen LogP contribution in [0.4, 0.5) is 0 Å². The molecule has 0 bridgehead atoms. The molecular formula is C11H26ClNSi. The molecule has 86 valence electrons. The van der Waals surface area contributed by atoms with Gasteiger partial charge in [0.2, 0.25) is 7.55 Å². The molecule has 0 aromatic heterocycles. The van der Waals surface area contributed by atoms with Gasteiger partial charge in [-0.1, -0.05) is 47.5 Å². The molecule has 1 nitrogen and oxygen atoms in total. The summed E-state index contributed by atoms with van der Waals surface area (Å²) in [6, 6.07) is 1.23. The number of rotatable bonds is 7. The molecule has 2 unspecified atom stereocenters. The van der Waals surface area contributed by atoms with Crippen molar-refractivity contribution in [3.63, 3.8) is 0 Å². The fraction of sp³-hybridized carbons (Fsp3) is 1.00. The third-order valence-corrected chi connectivity index (χ3v) is 10.5. The quantitative estimate of drug-likeness (QED) is 0.472. The van der Waals surface area contributed by atoms with Crippen LogP contribution in [-0.4, -0.2) is 25.2 Å². The van der Waals surface area contributed by atoms with Crippen molar-refractivity contribution in [1.82, 2.24) is 4.57 Å². The zero-order valence-electron chi connectivity index (χ0n) is 10.4. The monoisotopic (exact) mass is 235 g/mol. The van der Waals surface area contributed by atoms with Gasteiger partial charge in [0.25, 0.3) is 0 Å². The van der Waals surface area contributed by atoms with Gasteiger partial charge >= 0.3 is 0 Å². The van der Waals surface area contributed by atoms with Gasteiger partial charge in [-0.25, -0.2) is 0 Å². The molecule has 0 aromatic rings. The average Bonchev–Trinajstić information content (AvgIpc) is 2.18. The predicted molar refractivity (Wildman–Crippen MR) is 69.3 cm³/mol. The Morgan fingerprint density at radius 3 is 1.93 bits per heavy atom. The topological polar surface area (TPSA) is 3.24 Å². The summed E-state index contributed by atoms with van der Waals surface area (Å²) in [7, 11) is -1.68.